The molecule has 1 heterocycles. The fraction of sp³-hybridized carbons (Fsp3) is 0.0667. The first-order valence-electron chi connectivity index (χ1n) is 6.21. The van der Waals surface area contributed by atoms with Crippen LogP contribution in [-0.4, -0.2) is 18.9 Å². The highest BCUT2D eigenvalue weighted by Gasteiger charge is 2.15. The van der Waals surface area contributed by atoms with Gasteiger partial charge in [0.2, 0.25) is 6.79 Å². The topological polar surface area (TPSA) is 59.9 Å². The van der Waals surface area contributed by atoms with Gasteiger partial charge in [-0.1, -0.05) is 12.1 Å². The Hall–Kier alpha value is -2.89. The van der Waals surface area contributed by atoms with Crippen molar-refractivity contribution in [3.8, 4) is 11.5 Å². The van der Waals surface area contributed by atoms with E-state index in [1.807, 2.05) is 0 Å². The summed E-state index contributed by atoms with van der Waals surface area (Å²) in [4.78, 5) is 11.9. The number of carbonyl (C=O) groups excluding carboxylic acids is 1. The van der Waals surface area contributed by atoms with Crippen LogP contribution in [0, 0.1) is 5.82 Å². The Kier molecular flexibility index (Phi) is 3.51. The Morgan fingerprint density at radius 1 is 1.14 bits per heavy atom. The second kappa shape index (κ2) is 5.62. The molecule has 0 unspecified atom stereocenters. The molecular formula is C15H11FN2O3. The van der Waals surface area contributed by atoms with Crippen LogP contribution < -0.4 is 14.9 Å². The van der Waals surface area contributed by atoms with Gasteiger partial charge >= 0.3 is 0 Å². The van der Waals surface area contributed by atoms with Gasteiger partial charge in [0.25, 0.3) is 5.91 Å². The van der Waals surface area contributed by atoms with Crippen LogP contribution in [0.3, 0.4) is 0 Å². The molecule has 0 saturated heterocycles. The smallest absolute Gasteiger partial charge is 0.271 e. The zero-order valence-corrected chi connectivity index (χ0v) is 10.9. The van der Waals surface area contributed by atoms with Gasteiger partial charge in [0.1, 0.15) is 5.82 Å². The van der Waals surface area contributed by atoms with Crippen molar-refractivity contribution in [2.45, 2.75) is 0 Å². The van der Waals surface area contributed by atoms with Crippen molar-refractivity contribution in [2.24, 2.45) is 5.10 Å². The van der Waals surface area contributed by atoms with Crippen LogP contribution in [-0.2, 0) is 0 Å². The Bertz CT molecular complexity index is 699. The molecule has 0 atom stereocenters. The lowest BCUT2D eigenvalue weighted by atomic mass is 10.2. The van der Waals surface area contributed by atoms with Crippen molar-refractivity contribution in [1.29, 1.82) is 0 Å². The zero-order valence-electron chi connectivity index (χ0n) is 10.9. The molecule has 1 aliphatic heterocycles. The molecule has 21 heavy (non-hydrogen) atoms. The summed E-state index contributed by atoms with van der Waals surface area (Å²) < 4.78 is 23.1. The quantitative estimate of drug-likeness (QED) is 0.696. The minimum absolute atomic E-state index is 0.156. The highest BCUT2D eigenvalue weighted by Crippen LogP contribution is 2.32. The summed E-state index contributed by atoms with van der Waals surface area (Å²) in [6.45, 7) is 0.156. The molecule has 0 fully saturated rings. The first-order valence-corrected chi connectivity index (χ1v) is 6.21. The second-order valence-electron chi connectivity index (χ2n) is 4.32. The molecule has 1 N–H and O–H groups in total. The lowest BCUT2D eigenvalue weighted by Gasteiger charge is -2.01. The summed E-state index contributed by atoms with van der Waals surface area (Å²) in [5, 5.41) is 3.82. The van der Waals surface area contributed by atoms with E-state index in [1.54, 1.807) is 30.3 Å². The van der Waals surface area contributed by atoms with Crippen molar-refractivity contribution >= 4 is 12.1 Å². The Labute approximate surface area is 120 Å². The lowest BCUT2D eigenvalue weighted by molar-refractivity contribution is 0.0954. The molecule has 0 bridgehead atoms. The standard InChI is InChI=1S/C15H11FN2O3/c16-12-4-1-10(2-5-12)8-17-18-15(19)11-3-6-13-14(7-11)21-9-20-13/h1-8H,9H2,(H,18,19)/b17-8-. The maximum absolute atomic E-state index is 12.7. The van der Waals surface area contributed by atoms with E-state index in [4.69, 9.17) is 9.47 Å². The number of benzene rings is 2. The maximum atomic E-state index is 12.7. The van der Waals surface area contributed by atoms with Gasteiger partial charge in [-0.15, -0.1) is 0 Å². The molecule has 0 aromatic heterocycles. The van der Waals surface area contributed by atoms with Gasteiger partial charge in [0, 0.05) is 5.56 Å². The summed E-state index contributed by atoms with van der Waals surface area (Å²) in [6.07, 6.45) is 1.43. The molecule has 1 aliphatic rings. The highest BCUT2D eigenvalue weighted by atomic mass is 19.1. The zero-order chi connectivity index (χ0) is 14.7. The van der Waals surface area contributed by atoms with Gasteiger partial charge in [-0.05, 0) is 35.9 Å². The Morgan fingerprint density at radius 2 is 1.90 bits per heavy atom. The molecule has 5 nitrogen and oxygen atoms in total. The van der Waals surface area contributed by atoms with E-state index in [-0.39, 0.29) is 18.5 Å². The molecule has 2 aromatic carbocycles. The molecule has 6 heteroatoms. The van der Waals surface area contributed by atoms with E-state index in [0.717, 1.165) is 0 Å². The first-order chi connectivity index (χ1) is 10.2. The van der Waals surface area contributed by atoms with E-state index in [9.17, 15) is 9.18 Å². The number of hydrazone groups is 1. The second-order valence-corrected chi connectivity index (χ2v) is 4.32. The molecule has 0 aliphatic carbocycles. The average molecular weight is 286 g/mol. The number of hydrogen-bond donors (Lipinski definition) is 1. The summed E-state index contributed by atoms with van der Waals surface area (Å²) >= 11 is 0. The van der Waals surface area contributed by atoms with Crippen LogP contribution in [0.4, 0.5) is 4.39 Å². The number of ether oxygens (including phenoxy) is 2. The summed E-state index contributed by atoms with van der Waals surface area (Å²) in [7, 11) is 0. The lowest BCUT2D eigenvalue weighted by Crippen LogP contribution is -2.17. The van der Waals surface area contributed by atoms with Gasteiger partial charge in [0.05, 0.1) is 6.21 Å². The monoisotopic (exact) mass is 286 g/mol. The number of halogens is 1. The molecule has 2 aromatic rings. The number of carbonyl (C=O) groups is 1. The summed E-state index contributed by atoms with van der Waals surface area (Å²) in [5.41, 5.74) is 3.49. The van der Waals surface area contributed by atoms with Crippen LogP contribution in [0.2, 0.25) is 0 Å². The first kappa shape index (κ1) is 13.1. The summed E-state index contributed by atoms with van der Waals surface area (Å²) in [5.74, 6) is 0.453. The number of hydrogen-bond acceptors (Lipinski definition) is 4. The largest absolute Gasteiger partial charge is 0.454 e. The third-order valence-electron chi connectivity index (χ3n) is 2.88. The van der Waals surface area contributed by atoms with Crippen LogP contribution >= 0.6 is 0 Å². The van der Waals surface area contributed by atoms with Crippen molar-refractivity contribution in [3.63, 3.8) is 0 Å². The number of rotatable bonds is 3. The fourth-order valence-electron chi connectivity index (χ4n) is 1.82. The van der Waals surface area contributed by atoms with E-state index < -0.39 is 0 Å². The van der Waals surface area contributed by atoms with Gasteiger partial charge in [-0.2, -0.15) is 5.10 Å². The molecule has 0 saturated carbocycles. The van der Waals surface area contributed by atoms with Crippen molar-refractivity contribution in [2.75, 3.05) is 6.79 Å². The SMILES string of the molecule is O=C(N/N=C\c1ccc(F)cc1)c1ccc2c(c1)OCO2. The Balaban J connectivity index is 1.65. The highest BCUT2D eigenvalue weighted by molar-refractivity contribution is 5.95. The van der Waals surface area contributed by atoms with Crippen molar-refractivity contribution < 1.29 is 18.7 Å². The van der Waals surface area contributed by atoms with Crippen molar-refractivity contribution in [3.05, 3.63) is 59.4 Å². The van der Waals surface area contributed by atoms with E-state index >= 15 is 0 Å². The molecule has 1 amide bonds. The number of fused-ring (bicyclic) bond motifs is 1. The predicted molar refractivity (Wildman–Crippen MR) is 74.0 cm³/mol. The maximum Gasteiger partial charge on any atom is 0.271 e. The third kappa shape index (κ3) is 3.00. The Morgan fingerprint density at radius 3 is 2.71 bits per heavy atom. The van der Waals surface area contributed by atoms with Crippen LogP contribution in [0.15, 0.2) is 47.6 Å². The van der Waals surface area contributed by atoms with Gasteiger partial charge in [0.15, 0.2) is 11.5 Å². The molecule has 0 radical (unpaired) electrons. The number of nitrogens with one attached hydrogen (secondary N) is 1. The minimum Gasteiger partial charge on any atom is -0.454 e. The van der Waals surface area contributed by atoms with Crippen molar-refractivity contribution in [1.82, 2.24) is 5.43 Å². The normalized spacial score (nSPS) is 12.6. The molecule has 0 spiro atoms. The average Bonchev–Trinajstić information content (AvgIpc) is 2.96. The van der Waals surface area contributed by atoms with E-state index in [2.05, 4.69) is 10.5 Å². The van der Waals surface area contributed by atoms with E-state index in [1.165, 1.54) is 18.3 Å². The predicted octanol–water partition coefficient (Wildman–Crippen LogP) is 2.32. The van der Waals surface area contributed by atoms with Gasteiger partial charge in [-0.3, -0.25) is 4.79 Å². The number of amides is 1. The van der Waals surface area contributed by atoms with Crippen LogP contribution in [0.1, 0.15) is 15.9 Å². The molecule has 106 valence electrons. The summed E-state index contributed by atoms with van der Waals surface area (Å²) in [6, 6.07) is 10.6. The van der Waals surface area contributed by atoms with Gasteiger partial charge in [-0.25, -0.2) is 9.82 Å². The number of nitrogens with zero attached hydrogens (tertiary/aromatic N) is 1. The molecular weight excluding hydrogens is 275 g/mol. The minimum atomic E-state index is -0.369. The third-order valence-corrected chi connectivity index (χ3v) is 2.88. The molecule has 3 rings (SSSR count). The van der Waals surface area contributed by atoms with Crippen LogP contribution in [0.5, 0.6) is 11.5 Å². The van der Waals surface area contributed by atoms with Gasteiger partial charge < -0.3 is 9.47 Å². The van der Waals surface area contributed by atoms with Crippen LogP contribution in [0.25, 0.3) is 0 Å². The fourth-order valence-corrected chi connectivity index (χ4v) is 1.82. The van der Waals surface area contributed by atoms with E-state index in [0.29, 0.717) is 22.6 Å².